The smallest absolute Gasteiger partial charge is 0.291 e. The number of rotatable bonds is 6. The number of carbonyl (C=O) groups excluding carboxylic acids is 1. The van der Waals surface area contributed by atoms with E-state index in [1.807, 2.05) is 13.8 Å². The Bertz CT molecular complexity index is 1330. The molecule has 3 aromatic heterocycles. The van der Waals surface area contributed by atoms with E-state index in [0.29, 0.717) is 36.9 Å². The van der Waals surface area contributed by atoms with Crippen molar-refractivity contribution in [1.29, 1.82) is 0 Å². The fraction of sp³-hybridized carbons (Fsp3) is 0.286. The fourth-order valence-corrected chi connectivity index (χ4v) is 4.02. The summed E-state index contributed by atoms with van der Waals surface area (Å²) in [6.07, 6.45) is 16.0. The third kappa shape index (κ3) is 5.71. The molecule has 0 radical (unpaired) electrons. The largest absolute Gasteiger partial charge is 0.430 e. The normalized spacial score (nSPS) is 13.1. The number of aryl methyl sites for hydroxylation is 1. The molecule has 0 unspecified atom stereocenters. The highest BCUT2D eigenvalue weighted by atomic mass is 16.4. The van der Waals surface area contributed by atoms with Gasteiger partial charge in [-0.05, 0) is 30.9 Å². The minimum atomic E-state index is -0.135. The molecule has 4 aromatic rings. The van der Waals surface area contributed by atoms with Gasteiger partial charge in [-0.1, -0.05) is 62.4 Å². The van der Waals surface area contributed by atoms with Crippen LogP contribution in [0.25, 0.3) is 23.6 Å². The van der Waals surface area contributed by atoms with Gasteiger partial charge in [-0.25, -0.2) is 9.97 Å². The van der Waals surface area contributed by atoms with Crippen LogP contribution in [0.5, 0.6) is 0 Å². The minimum Gasteiger partial charge on any atom is -0.430 e. The zero-order chi connectivity index (χ0) is 25.3. The first-order valence-electron chi connectivity index (χ1n) is 12.3. The maximum absolute atomic E-state index is 12.8. The molecule has 1 aliphatic rings. The van der Waals surface area contributed by atoms with Crippen LogP contribution in [0.1, 0.15) is 66.0 Å². The molecule has 0 fully saturated rings. The van der Waals surface area contributed by atoms with Crippen LogP contribution in [-0.4, -0.2) is 42.5 Å². The van der Waals surface area contributed by atoms with Crippen LogP contribution in [0.3, 0.4) is 0 Å². The van der Waals surface area contributed by atoms with Crippen molar-refractivity contribution < 1.29 is 9.21 Å². The van der Waals surface area contributed by atoms with Crippen molar-refractivity contribution in [3.63, 3.8) is 0 Å². The van der Waals surface area contributed by atoms with Gasteiger partial charge < -0.3 is 14.3 Å². The van der Waals surface area contributed by atoms with Gasteiger partial charge in [0.25, 0.3) is 5.91 Å². The first-order valence-corrected chi connectivity index (χ1v) is 12.3. The number of amides is 1. The predicted octanol–water partition coefficient (Wildman–Crippen LogP) is 5.69. The monoisotopic (exact) mass is 484 g/mol. The molecular weight excluding hydrogens is 452 g/mol. The van der Waals surface area contributed by atoms with Crippen molar-refractivity contribution in [2.24, 2.45) is 0 Å². The van der Waals surface area contributed by atoms with Gasteiger partial charge in [0, 0.05) is 19.2 Å². The van der Waals surface area contributed by atoms with E-state index < -0.39 is 0 Å². The van der Waals surface area contributed by atoms with Crippen molar-refractivity contribution in [3.8, 4) is 11.5 Å². The second-order valence-corrected chi connectivity index (χ2v) is 8.38. The average Bonchev–Trinajstić information content (AvgIpc) is 3.68. The number of benzene rings is 1. The highest BCUT2D eigenvalue weighted by molar-refractivity contribution is 5.93. The van der Waals surface area contributed by atoms with E-state index in [2.05, 4.69) is 80.6 Å². The number of carbonyl (C=O) groups is 1. The highest BCUT2D eigenvalue weighted by Crippen LogP contribution is 2.24. The van der Waals surface area contributed by atoms with E-state index in [-0.39, 0.29) is 5.91 Å². The Hall–Kier alpha value is -4.20. The third-order valence-corrected chi connectivity index (χ3v) is 5.91. The zero-order valence-electron chi connectivity index (χ0n) is 21.0. The number of imidazole rings is 1. The Morgan fingerprint density at radius 1 is 1.19 bits per heavy atom. The minimum absolute atomic E-state index is 0.135. The van der Waals surface area contributed by atoms with Gasteiger partial charge >= 0.3 is 0 Å². The lowest BCUT2D eigenvalue weighted by Crippen LogP contribution is -2.36. The summed E-state index contributed by atoms with van der Waals surface area (Å²) in [5, 5.41) is 6.60. The van der Waals surface area contributed by atoms with E-state index in [9.17, 15) is 4.79 Å². The second-order valence-electron chi connectivity index (χ2n) is 8.38. The number of oxazole rings is 1. The second kappa shape index (κ2) is 12.0. The number of nitrogens with one attached hydrogen (secondary N) is 2. The van der Waals surface area contributed by atoms with Crippen LogP contribution in [0.15, 0.2) is 59.6 Å². The average molecular weight is 485 g/mol. The number of H-pyrrole nitrogens is 2. The number of nitrogens with zero attached hydrogens (tertiary/aromatic N) is 4. The third-order valence-electron chi connectivity index (χ3n) is 5.91. The SMILES string of the molecule is C/C=C\c1ccccc1/C=C/CC.CCc1nc(-c2cn[nH]c2)oc1C(=O)N1CCc2nc[nH]c2C1. The van der Waals surface area contributed by atoms with Gasteiger partial charge in [0.05, 0.1) is 41.7 Å². The summed E-state index contributed by atoms with van der Waals surface area (Å²) in [5.41, 5.74) is 5.99. The number of hydrogen-bond acceptors (Lipinski definition) is 5. The molecule has 0 bridgehead atoms. The Balaban J connectivity index is 0.000000200. The molecule has 5 rings (SSSR count). The van der Waals surface area contributed by atoms with Crippen LogP contribution in [0.2, 0.25) is 0 Å². The summed E-state index contributed by atoms with van der Waals surface area (Å²) in [6.45, 7) is 7.28. The van der Waals surface area contributed by atoms with E-state index in [1.165, 1.54) is 11.1 Å². The molecule has 0 saturated heterocycles. The molecule has 1 aromatic carbocycles. The van der Waals surface area contributed by atoms with Crippen LogP contribution < -0.4 is 0 Å². The van der Waals surface area contributed by atoms with E-state index in [1.54, 1.807) is 23.6 Å². The van der Waals surface area contributed by atoms with Gasteiger partial charge in [-0.2, -0.15) is 5.10 Å². The van der Waals surface area contributed by atoms with Crippen LogP contribution in [0, 0.1) is 0 Å². The molecular formula is C28H32N6O2. The Labute approximate surface area is 211 Å². The summed E-state index contributed by atoms with van der Waals surface area (Å²) in [6, 6.07) is 8.41. The van der Waals surface area contributed by atoms with Crippen LogP contribution >= 0.6 is 0 Å². The Morgan fingerprint density at radius 2 is 2.00 bits per heavy atom. The Morgan fingerprint density at radius 3 is 2.69 bits per heavy atom. The first kappa shape index (κ1) is 24.9. The van der Waals surface area contributed by atoms with Gasteiger partial charge in [0.1, 0.15) is 0 Å². The highest BCUT2D eigenvalue weighted by Gasteiger charge is 2.28. The van der Waals surface area contributed by atoms with E-state index >= 15 is 0 Å². The summed E-state index contributed by atoms with van der Waals surface area (Å²) in [5.74, 6) is 0.592. The molecule has 36 heavy (non-hydrogen) atoms. The molecule has 0 aliphatic carbocycles. The molecule has 1 aliphatic heterocycles. The summed E-state index contributed by atoms with van der Waals surface area (Å²) in [4.78, 5) is 26.4. The summed E-state index contributed by atoms with van der Waals surface area (Å²) < 4.78 is 5.75. The molecule has 0 saturated carbocycles. The number of aromatic nitrogens is 5. The van der Waals surface area contributed by atoms with Crippen molar-refractivity contribution >= 4 is 18.1 Å². The van der Waals surface area contributed by atoms with Crippen molar-refractivity contribution in [1.82, 2.24) is 30.0 Å². The van der Waals surface area contributed by atoms with E-state index in [4.69, 9.17) is 4.42 Å². The number of fused-ring (bicyclic) bond motifs is 1. The summed E-state index contributed by atoms with van der Waals surface area (Å²) >= 11 is 0. The Kier molecular flexibility index (Phi) is 8.28. The quantitative estimate of drug-likeness (QED) is 0.366. The van der Waals surface area contributed by atoms with Crippen molar-refractivity contribution in [3.05, 3.63) is 89.1 Å². The predicted molar refractivity (Wildman–Crippen MR) is 141 cm³/mol. The lowest BCUT2D eigenvalue weighted by molar-refractivity contribution is 0.0699. The molecule has 8 heteroatoms. The maximum atomic E-state index is 12.8. The van der Waals surface area contributed by atoms with Crippen molar-refractivity contribution in [2.75, 3.05) is 6.54 Å². The van der Waals surface area contributed by atoms with Crippen LogP contribution in [0.4, 0.5) is 0 Å². The lowest BCUT2D eigenvalue weighted by Gasteiger charge is -2.25. The van der Waals surface area contributed by atoms with Gasteiger partial charge in [-0.15, -0.1) is 0 Å². The summed E-state index contributed by atoms with van der Waals surface area (Å²) in [7, 11) is 0. The maximum Gasteiger partial charge on any atom is 0.291 e. The van der Waals surface area contributed by atoms with Gasteiger partial charge in [0.15, 0.2) is 0 Å². The zero-order valence-corrected chi connectivity index (χ0v) is 21.0. The fourth-order valence-electron chi connectivity index (χ4n) is 4.02. The molecule has 1 amide bonds. The lowest BCUT2D eigenvalue weighted by atomic mass is 10.1. The van der Waals surface area contributed by atoms with E-state index in [0.717, 1.165) is 29.8 Å². The van der Waals surface area contributed by atoms with Crippen LogP contribution in [-0.2, 0) is 19.4 Å². The molecule has 0 spiro atoms. The molecule has 0 atom stereocenters. The van der Waals surface area contributed by atoms with Crippen molar-refractivity contribution in [2.45, 2.75) is 46.6 Å². The molecule has 2 N–H and O–H groups in total. The molecule has 8 nitrogen and oxygen atoms in total. The number of aromatic amines is 2. The first-order chi connectivity index (χ1) is 17.6. The van der Waals surface area contributed by atoms with Gasteiger partial charge in [0.2, 0.25) is 11.7 Å². The standard InChI is InChI=1S/C15H16N6O2.C13H16/c1-2-10-13(23-14(20-10)9-5-18-19-6-9)15(22)21-4-3-11-12(7-21)17-8-16-11;1-3-5-9-13-11-7-6-10-12(13)8-4-2/h5-6,8H,2-4,7H2,1H3,(H,16,17)(H,18,19);4-11H,3H2,1-2H3/b;8-4-,9-5+. The van der Waals surface area contributed by atoms with Gasteiger partial charge in [-0.3, -0.25) is 9.89 Å². The topological polar surface area (TPSA) is 104 Å². The number of allylic oxidation sites excluding steroid dienone is 2. The molecule has 4 heterocycles. The molecule has 186 valence electrons. The number of hydrogen-bond donors (Lipinski definition) is 2.